The molecule has 1 fully saturated rings. The zero-order valence-corrected chi connectivity index (χ0v) is 18.4. The van der Waals surface area contributed by atoms with Gasteiger partial charge < -0.3 is 10.1 Å². The monoisotopic (exact) mass is 455 g/mol. The third kappa shape index (κ3) is 5.62. The Morgan fingerprint density at radius 2 is 1.97 bits per heavy atom. The van der Waals surface area contributed by atoms with Crippen LogP contribution >= 0.6 is 22.9 Å². The van der Waals surface area contributed by atoms with Gasteiger partial charge in [-0.15, -0.1) is 11.3 Å². The second-order valence-corrected chi connectivity index (χ2v) is 8.87. The van der Waals surface area contributed by atoms with Gasteiger partial charge in [-0.25, -0.2) is 9.78 Å². The van der Waals surface area contributed by atoms with E-state index in [1.807, 2.05) is 54.6 Å². The molecule has 3 aromatic rings. The van der Waals surface area contributed by atoms with E-state index in [-0.39, 0.29) is 12.5 Å². The largest absolute Gasteiger partial charge is 0.445 e. The van der Waals surface area contributed by atoms with Gasteiger partial charge in [0, 0.05) is 29.1 Å². The predicted molar refractivity (Wildman–Crippen MR) is 121 cm³/mol. The molecule has 31 heavy (non-hydrogen) atoms. The molecule has 2 heterocycles. The molecule has 6 nitrogen and oxygen atoms in total. The molecule has 0 unspecified atom stereocenters. The number of carbonyl (C=O) groups excluding carboxylic acids is 2. The fourth-order valence-electron chi connectivity index (χ4n) is 3.54. The highest BCUT2D eigenvalue weighted by atomic mass is 35.5. The van der Waals surface area contributed by atoms with Gasteiger partial charge in [-0.1, -0.05) is 54.1 Å². The molecular formula is C23H22ClN3O3S. The van der Waals surface area contributed by atoms with E-state index in [4.69, 9.17) is 16.3 Å². The quantitative estimate of drug-likeness (QED) is 0.559. The molecule has 4 rings (SSSR count). The number of benzene rings is 2. The number of thiazole rings is 1. The van der Waals surface area contributed by atoms with Gasteiger partial charge in [0.2, 0.25) is 5.91 Å². The Morgan fingerprint density at radius 3 is 2.77 bits per heavy atom. The average molecular weight is 456 g/mol. The fourth-order valence-corrected chi connectivity index (χ4v) is 4.61. The van der Waals surface area contributed by atoms with Crippen LogP contribution in [0.2, 0.25) is 5.02 Å². The molecule has 0 bridgehead atoms. The van der Waals surface area contributed by atoms with Crippen LogP contribution in [0.3, 0.4) is 0 Å². The molecule has 1 atom stereocenters. The highest BCUT2D eigenvalue weighted by molar-refractivity contribution is 7.15. The molecule has 2 aromatic carbocycles. The molecule has 1 aromatic heterocycles. The minimum atomic E-state index is -0.552. The predicted octanol–water partition coefficient (Wildman–Crippen LogP) is 5.13. The van der Waals surface area contributed by atoms with Crippen molar-refractivity contribution in [2.75, 3.05) is 11.9 Å². The van der Waals surface area contributed by atoms with Crippen LogP contribution in [0.5, 0.6) is 0 Å². The van der Waals surface area contributed by atoms with Gasteiger partial charge in [-0.3, -0.25) is 9.69 Å². The summed E-state index contributed by atoms with van der Waals surface area (Å²) in [5.74, 6) is -0.238. The van der Waals surface area contributed by atoms with E-state index >= 15 is 0 Å². The Labute approximate surface area is 189 Å². The summed E-state index contributed by atoms with van der Waals surface area (Å²) in [6, 6.07) is 16.6. The molecular weight excluding hydrogens is 434 g/mol. The summed E-state index contributed by atoms with van der Waals surface area (Å²) in [5, 5.41) is 4.06. The molecule has 1 N–H and O–H groups in total. The van der Waals surface area contributed by atoms with Gasteiger partial charge in [0.15, 0.2) is 5.13 Å². The van der Waals surface area contributed by atoms with Crippen LogP contribution in [0.1, 0.15) is 28.8 Å². The molecule has 1 aliphatic heterocycles. The van der Waals surface area contributed by atoms with Crippen LogP contribution in [-0.4, -0.2) is 34.5 Å². The maximum Gasteiger partial charge on any atom is 0.410 e. The smallest absolute Gasteiger partial charge is 0.410 e. The highest BCUT2D eigenvalue weighted by Gasteiger charge is 2.35. The van der Waals surface area contributed by atoms with Gasteiger partial charge in [-0.2, -0.15) is 0 Å². The first-order valence-electron chi connectivity index (χ1n) is 10.1. The van der Waals surface area contributed by atoms with E-state index in [0.717, 1.165) is 22.4 Å². The number of anilines is 1. The zero-order valence-electron chi connectivity index (χ0n) is 16.8. The first-order valence-corrected chi connectivity index (χ1v) is 11.3. The van der Waals surface area contributed by atoms with E-state index in [2.05, 4.69) is 10.3 Å². The van der Waals surface area contributed by atoms with Crippen molar-refractivity contribution in [1.82, 2.24) is 9.88 Å². The lowest BCUT2D eigenvalue weighted by molar-refractivity contribution is -0.120. The first-order chi connectivity index (χ1) is 15.1. The Balaban J connectivity index is 1.33. The molecule has 2 amide bonds. The van der Waals surface area contributed by atoms with Crippen LogP contribution in [0, 0.1) is 0 Å². The maximum absolute atomic E-state index is 12.8. The number of carbonyl (C=O) groups is 2. The summed E-state index contributed by atoms with van der Waals surface area (Å²) in [6.07, 6.45) is 3.34. The highest BCUT2D eigenvalue weighted by Crippen LogP contribution is 2.25. The number of ether oxygens (including phenoxy) is 1. The number of likely N-dealkylation sites (tertiary alicyclic amines) is 1. The molecule has 0 aliphatic carbocycles. The third-order valence-corrected chi connectivity index (χ3v) is 6.19. The third-order valence-electron chi connectivity index (χ3n) is 5.05. The summed E-state index contributed by atoms with van der Waals surface area (Å²) in [7, 11) is 0. The molecule has 8 heteroatoms. The Hall–Kier alpha value is -2.90. The van der Waals surface area contributed by atoms with Crippen molar-refractivity contribution in [3.8, 4) is 0 Å². The summed E-state index contributed by atoms with van der Waals surface area (Å²) in [4.78, 5) is 32.2. The first kappa shape index (κ1) is 21.3. The van der Waals surface area contributed by atoms with E-state index in [0.29, 0.717) is 29.5 Å². The van der Waals surface area contributed by atoms with Crippen molar-refractivity contribution in [2.45, 2.75) is 31.9 Å². The number of amides is 2. The van der Waals surface area contributed by atoms with Crippen molar-refractivity contribution in [1.29, 1.82) is 0 Å². The van der Waals surface area contributed by atoms with Gasteiger partial charge in [0.1, 0.15) is 12.6 Å². The van der Waals surface area contributed by atoms with E-state index < -0.39 is 12.1 Å². The standard InChI is InChI=1S/C23H22ClN3O3S/c24-18-9-4-8-17(12-18)13-19-14-25-22(31-19)26-21(28)20-10-5-11-27(20)23(29)30-15-16-6-2-1-3-7-16/h1-4,6-9,12,14,20H,5,10-11,13,15H2,(H,25,26,28)/t20-/m0/s1. The van der Waals surface area contributed by atoms with Gasteiger partial charge in [-0.05, 0) is 36.1 Å². The normalized spacial score (nSPS) is 15.6. The number of hydrogen-bond acceptors (Lipinski definition) is 5. The van der Waals surface area contributed by atoms with Gasteiger partial charge in [0.05, 0.1) is 0 Å². The molecule has 0 spiro atoms. The fraction of sp³-hybridized carbons (Fsp3) is 0.261. The van der Waals surface area contributed by atoms with Gasteiger partial charge in [0.25, 0.3) is 0 Å². The van der Waals surface area contributed by atoms with Crippen LogP contribution in [0.15, 0.2) is 60.8 Å². The lowest BCUT2D eigenvalue weighted by atomic mass is 10.1. The second kappa shape index (κ2) is 9.94. The van der Waals surface area contributed by atoms with Crippen molar-refractivity contribution in [3.63, 3.8) is 0 Å². The average Bonchev–Trinajstić information content (AvgIpc) is 3.42. The molecule has 1 aliphatic rings. The van der Waals surface area contributed by atoms with Crippen molar-refractivity contribution in [2.24, 2.45) is 0 Å². The molecule has 160 valence electrons. The number of nitrogens with one attached hydrogen (secondary N) is 1. The van der Waals surface area contributed by atoms with Crippen LogP contribution in [0.4, 0.5) is 9.93 Å². The maximum atomic E-state index is 12.8. The minimum absolute atomic E-state index is 0.184. The summed E-state index contributed by atoms with van der Waals surface area (Å²) in [5.41, 5.74) is 1.99. The van der Waals surface area contributed by atoms with E-state index in [1.165, 1.54) is 16.2 Å². The lowest BCUT2D eigenvalue weighted by Crippen LogP contribution is -2.43. The minimum Gasteiger partial charge on any atom is -0.445 e. The molecule has 0 saturated carbocycles. The number of nitrogens with zero attached hydrogens (tertiary/aromatic N) is 2. The molecule has 0 radical (unpaired) electrons. The number of halogens is 1. The van der Waals surface area contributed by atoms with Crippen LogP contribution in [-0.2, 0) is 22.6 Å². The number of rotatable bonds is 6. The summed E-state index contributed by atoms with van der Waals surface area (Å²) < 4.78 is 5.41. The van der Waals surface area contributed by atoms with Crippen LogP contribution in [0.25, 0.3) is 0 Å². The van der Waals surface area contributed by atoms with Gasteiger partial charge >= 0.3 is 6.09 Å². The van der Waals surface area contributed by atoms with E-state index in [1.54, 1.807) is 6.20 Å². The summed E-state index contributed by atoms with van der Waals surface area (Å²) in [6.45, 7) is 0.688. The zero-order chi connectivity index (χ0) is 21.6. The van der Waals surface area contributed by atoms with E-state index in [9.17, 15) is 9.59 Å². The Bertz CT molecular complexity index is 1060. The van der Waals surface area contributed by atoms with Crippen molar-refractivity contribution >= 4 is 40.1 Å². The topological polar surface area (TPSA) is 71.5 Å². The number of aromatic nitrogens is 1. The Kier molecular flexibility index (Phi) is 6.84. The Morgan fingerprint density at radius 1 is 1.16 bits per heavy atom. The summed E-state index contributed by atoms with van der Waals surface area (Å²) >= 11 is 7.46. The SMILES string of the molecule is O=C(Nc1ncc(Cc2cccc(Cl)c2)s1)[C@@H]1CCCN1C(=O)OCc1ccccc1. The second-order valence-electron chi connectivity index (χ2n) is 7.32. The molecule has 1 saturated heterocycles. The van der Waals surface area contributed by atoms with Crippen molar-refractivity contribution < 1.29 is 14.3 Å². The van der Waals surface area contributed by atoms with Crippen molar-refractivity contribution in [3.05, 3.63) is 81.8 Å². The lowest BCUT2D eigenvalue weighted by Gasteiger charge is -2.22. The number of hydrogen-bond donors (Lipinski definition) is 1. The van der Waals surface area contributed by atoms with Crippen LogP contribution < -0.4 is 5.32 Å².